The molecule has 1 aliphatic rings. The fraction of sp³-hybridized carbons (Fsp3) is 0.724. The molecule has 0 radical (unpaired) electrons. The molecule has 1 aromatic rings. The lowest BCUT2D eigenvalue weighted by Crippen LogP contribution is -2.25. The summed E-state index contributed by atoms with van der Waals surface area (Å²) in [7, 11) is -4.05. The summed E-state index contributed by atoms with van der Waals surface area (Å²) in [6, 6.07) is 0. The Hall–Kier alpha value is -2.71. The first-order valence-corrected chi connectivity index (χ1v) is 17.3. The quantitative estimate of drug-likeness (QED) is 0.0649. The number of allylic oxidation sites excluding steroid dienone is 2. The van der Waals surface area contributed by atoms with Crippen molar-refractivity contribution in [2.45, 2.75) is 121 Å². The number of carbonyl (C=O) groups is 3. The Morgan fingerprint density at radius 3 is 2.51 bits per heavy atom. The SMILES string of the molecule is CCCCCCCC[C@@H]1[C@@H](C/C=C\CCCC(=O)OCCC=NS(=O)(=O)c2nnc(NC(C)=O)s2)[C@@H](OC(C)=O)C[C@H]1O. The Labute approximate surface area is 258 Å². The molecule has 1 amide bonds. The van der Waals surface area contributed by atoms with E-state index in [0.717, 1.165) is 25.5 Å². The van der Waals surface area contributed by atoms with Crippen LogP contribution in [0.3, 0.4) is 0 Å². The average Bonchev–Trinajstić information content (AvgIpc) is 3.51. The molecule has 2 N–H and O–H groups in total. The van der Waals surface area contributed by atoms with Crippen LogP contribution in [0.5, 0.6) is 0 Å². The van der Waals surface area contributed by atoms with E-state index < -0.39 is 22.0 Å². The van der Waals surface area contributed by atoms with Crippen LogP contribution in [0.25, 0.3) is 0 Å². The van der Waals surface area contributed by atoms with Crippen LogP contribution >= 0.6 is 11.3 Å². The molecule has 14 heteroatoms. The molecule has 1 aliphatic carbocycles. The van der Waals surface area contributed by atoms with Crippen molar-refractivity contribution in [3.05, 3.63) is 12.2 Å². The highest BCUT2D eigenvalue weighted by molar-refractivity contribution is 7.92. The monoisotopic (exact) mass is 642 g/mol. The highest BCUT2D eigenvalue weighted by Crippen LogP contribution is 2.40. The molecule has 0 saturated heterocycles. The van der Waals surface area contributed by atoms with Crippen LogP contribution in [0.4, 0.5) is 5.13 Å². The molecule has 0 spiro atoms. The third kappa shape index (κ3) is 14.1. The third-order valence-corrected chi connectivity index (χ3v) is 9.63. The highest BCUT2D eigenvalue weighted by atomic mass is 32.2. The number of aromatic nitrogens is 2. The van der Waals surface area contributed by atoms with Crippen molar-refractivity contribution in [1.29, 1.82) is 0 Å². The number of esters is 2. The molecular formula is C29H46N4O8S2. The Bertz CT molecular complexity index is 1180. The van der Waals surface area contributed by atoms with E-state index in [9.17, 15) is 27.9 Å². The molecule has 43 heavy (non-hydrogen) atoms. The minimum absolute atomic E-state index is 0.0114. The summed E-state index contributed by atoms with van der Waals surface area (Å²) >= 11 is 0.689. The number of hydrogen-bond donors (Lipinski definition) is 2. The van der Waals surface area contributed by atoms with E-state index >= 15 is 0 Å². The first kappa shape index (κ1) is 36.5. The number of carbonyl (C=O) groups excluding carboxylic acids is 3. The summed E-state index contributed by atoms with van der Waals surface area (Å²) in [5.74, 6) is -0.929. The van der Waals surface area contributed by atoms with Gasteiger partial charge in [-0.25, -0.2) is 0 Å². The van der Waals surface area contributed by atoms with Crippen LogP contribution < -0.4 is 5.32 Å². The van der Waals surface area contributed by atoms with Gasteiger partial charge in [-0.1, -0.05) is 68.9 Å². The number of ether oxygens (including phenoxy) is 2. The normalized spacial score (nSPS) is 20.6. The van der Waals surface area contributed by atoms with Gasteiger partial charge in [0.15, 0.2) is 0 Å². The van der Waals surface area contributed by atoms with Crippen LogP contribution in [0.2, 0.25) is 0 Å². The van der Waals surface area contributed by atoms with Gasteiger partial charge in [0.05, 0.1) is 12.7 Å². The van der Waals surface area contributed by atoms with Crippen LogP contribution in [-0.2, 0) is 33.9 Å². The maximum Gasteiger partial charge on any atom is 0.311 e. The molecule has 0 unspecified atom stereocenters. The molecule has 1 heterocycles. The molecular weight excluding hydrogens is 596 g/mol. The van der Waals surface area contributed by atoms with E-state index in [1.165, 1.54) is 39.5 Å². The van der Waals surface area contributed by atoms with Gasteiger partial charge in [0.25, 0.3) is 4.34 Å². The maximum absolute atomic E-state index is 12.2. The molecule has 242 valence electrons. The standard InChI is InChI=1S/C29H46N4O8S2/c1-4-5-6-7-8-11-15-23-24(26(20-25(23)36)41-22(3)35)16-12-9-10-13-17-27(37)40-19-14-18-30-43(38,39)29-33-32-28(42-29)31-21(2)34/h9,12,18,23-26,36H,4-8,10-11,13-17,19-20H2,1-3H3,(H,31,32,34)/b12-9-,30-18?/t23-,24-,25-,26+/m1/s1. The first-order valence-electron chi connectivity index (χ1n) is 15.1. The predicted octanol–water partition coefficient (Wildman–Crippen LogP) is 4.99. The highest BCUT2D eigenvalue weighted by Gasteiger charge is 2.43. The largest absolute Gasteiger partial charge is 0.465 e. The van der Waals surface area contributed by atoms with Gasteiger partial charge < -0.3 is 19.9 Å². The summed E-state index contributed by atoms with van der Waals surface area (Å²) in [6.45, 7) is 4.86. The number of nitrogens with zero attached hydrogens (tertiary/aromatic N) is 3. The van der Waals surface area contributed by atoms with E-state index in [1.54, 1.807) is 0 Å². The predicted molar refractivity (Wildman–Crippen MR) is 164 cm³/mol. The summed E-state index contributed by atoms with van der Waals surface area (Å²) < 4.78 is 38.2. The van der Waals surface area contributed by atoms with E-state index in [4.69, 9.17) is 9.47 Å². The van der Waals surface area contributed by atoms with E-state index in [1.807, 2.05) is 12.2 Å². The molecule has 0 aliphatic heterocycles. The Balaban J connectivity index is 1.69. The first-order chi connectivity index (χ1) is 20.5. The molecule has 0 bridgehead atoms. The van der Waals surface area contributed by atoms with Gasteiger partial charge in [0.1, 0.15) is 6.10 Å². The van der Waals surface area contributed by atoms with Crippen molar-refractivity contribution < 1.29 is 37.4 Å². The van der Waals surface area contributed by atoms with Gasteiger partial charge in [0, 0.05) is 45.2 Å². The zero-order valence-corrected chi connectivity index (χ0v) is 27.0. The number of hydrogen-bond acceptors (Lipinski definition) is 11. The number of unbranched alkanes of at least 4 members (excludes halogenated alkanes) is 6. The fourth-order valence-corrected chi connectivity index (χ4v) is 6.98. The second-order valence-corrected chi connectivity index (χ2v) is 13.5. The van der Waals surface area contributed by atoms with E-state index in [-0.39, 0.29) is 58.8 Å². The summed E-state index contributed by atoms with van der Waals surface area (Å²) in [6.07, 6.45) is 15.3. The van der Waals surface area contributed by atoms with Crippen molar-refractivity contribution in [3.63, 3.8) is 0 Å². The van der Waals surface area contributed by atoms with Crippen molar-refractivity contribution >= 4 is 50.6 Å². The van der Waals surface area contributed by atoms with Gasteiger partial charge >= 0.3 is 22.0 Å². The maximum atomic E-state index is 12.2. The van der Waals surface area contributed by atoms with E-state index in [2.05, 4.69) is 26.8 Å². The second-order valence-electron chi connectivity index (χ2n) is 10.8. The summed E-state index contributed by atoms with van der Waals surface area (Å²) in [5, 5.41) is 20.2. The minimum atomic E-state index is -4.05. The van der Waals surface area contributed by atoms with Crippen molar-refractivity contribution in [3.8, 4) is 0 Å². The van der Waals surface area contributed by atoms with Crippen LogP contribution in [-0.4, -0.2) is 66.6 Å². The molecule has 12 nitrogen and oxygen atoms in total. The second kappa shape index (κ2) is 19.5. The van der Waals surface area contributed by atoms with Gasteiger partial charge in [-0.15, -0.1) is 10.2 Å². The zero-order valence-electron chi connectivity index (χ0n) is 25.4. The van der Waals surface area contributed by atoms with Crippen molar-refractivity contribution in [2.24, 2.45) is 16.2 Å². The molecule has 2 rings (SSSR count). The van der Waals surface area contributed by atoms with Crippen LogP contribution in [0, 0.1) is 11.8 Å². The third-order valence-electron chi connectivity index (χ3n) is 7.16. The molecule has 0 aromatic carbocycles. The topological polar surface area (TPSA) is 174 Å². The summed E-state index contributed by atoms with van der Waals surface area (Å²) in [5.41, 5.74) is 0. The molecule has 1 fully saturated rings. The lowest BCUT2D eigenvalue weighted by molar-refractivity contribution is -0.148. The number of aliphatic hydroxyl groups is 1. The zero-order chi connectivity index (χ0) is 31.7. The number of amides is 1. The molecule has 1 aromatic heterocycles. The van der Waals surface area contributed by atoms with Crippen molar-refractivity contribution in [1.82, 2.24) is 10.2 Å². The van der Waals surface area contributed by atoms with Gasteiger partial charge in [-0.05, 0) is 31.6 Å². The molecule has 1 saturated carbocycles. The number of rotatable bonds is 20. The molecule has 4 atom stereocenters. The van der Waals surface area contributed by atoms with Gasteiger partial charge in [-0.2, -0.15) is 12.8 Å². The Morgan fingerprint density at radius 1 is 1.05 bits per heavy atom. The van der Waals surface area contributed by atoms with Crippen LogP contribution in [0.15, 0.2) is 20.9 Å². The van der Waals surface area contributed by atoms with Crippen molar-refractivity contribution in [2.75, 3.05) is 11.9 Å². The number of nitrogens with one attached hydrogen (secondary N) is 1. The smallest absolute Gasteiger partial charge is 0.311 e. The van der Waals surface area contributed by atoms with Gasteiger partial charge in [0.2, 0.25) is 11.0 Å². The summed E-state index contributed by atoms with van der Waals surface area (Å²) in [4.78, 5) is 34.7. The van der Waals surface area contributed by atoms with Gasteiger partial charge in [-0.3, -0.25) is 14.4 Å². The fourth-order valence-electron chi connectivity index (χ4n) is 5.13. The lowest BCUT2D eigenvalue weighted by atomic mass is 9.86. The lowest BCUT2D eigenvalue weighted by Gasteiger charge is -2.24. The number of sulfonamides is 1. The number of anilines is 1. The Morgan fingerprint density at radius 2 is 1.79 bits per heavy atom. The van der Waals surface area contributed by atoms with E-state index in [0.29, 0.717) is 37.0 Å². The average molecular weight is 643 g/mol. The minimum Gasteiger partial charge on any atom is -0.465 e. The van der Waals surface area contributed by atoms with Crippen LogP contribution in [0.1, 0.15) is 104 Å². The Kier molecular flexibility index (Phi) is 16.6. The number of aliphatic hydroxyl groups excluding tert-OH is 1.